The van der Waals surface area contributed by atoms with E-state index in [-0.39, 0.29) is 6.04 Å². The number of aryl methyl sites for hydroxylation is 4. The molecule has 0 amide bonds. The van der Waals surface area contributed by atoms with Gasteiger partial charge in [0.25, 0.3) is 0 Å². The highest BCUT2D eigenvalue weighted by atomic mass is 35.5. The van der Waals surface area contributed by atoms with Crippen molar-refractivity contribution in [3.05, 3.63) is 33.9 Å². The molecular weight excluding hydrogens is 274 g/mol. The molecule has 2 rings (SSSR count). The van der Waals surface area contributed by atoms with E-state index in [1.165, 1.54) is 0 Å². The molecule has 0 aliphatic carbocycles. The van der Waals surface area contributed by atoms with Crippen LogP contribution in [0.3, 0.4) is 0 Å². The van der Waals surface area contributed by atoms with Gasteiger partial charge in [-0.2, -0.15) is 10.2 Å². The lowest BCUT2D eigenvalue weighted by Crippen LogP contribution is -2.19. The monoisotopic (exact) mass is 295 g/mol. The van der Waals surface area contributed by atoms with Crippen molar-refractivity contribution in [2.45, 2.75) is 46.2 Å². The summed E-state index contributed by atoms with van der Waals surface area (Å²) in [5.41, 5.74) is 10.3. The van der Waals surface area contributed by atoms with E-state index in [1.807, 2.05) is 23.3 Å². The fourth-order valence-corrected chi connectivity index (χ4v) is 2.65. The van der Waals surface area contributed by atoms with Gasteiger partial charge in [0.05, 0.1) is 33.8 Å². The second kappa shape index (κ2) is 5.97. The minimum absolute atomic E-state index is 0.133. The third-order valence-electron chi connectivity index (χ3n) is 3.57. The molecule has 2 aromatic rings. The molecule has 0 aliphatic heterocycles. The van der Waals surface area contributed by atoms with Crippen LogP contribution in [0.5, 0.6) is 0 Å². The third kappa shape index (κ3) is 2.74. The standard InChI is InChI=1S/C14H22ClN5/c1-5-10-7-12(19(4)18-10)11(16)8-13-14(15)9(3)17-20(13)6-2/h7,11H,5-6,8,16H2,1-4H3. The van der Waals surface area contributed by atoms with Crippen LogP contribution < -0.4 is 5.73 Å². The van der Waals surface area contributed by atoms with Crippen LogP contribution in [0.15, 0.2) is 6.07 Å². The normalized spacial score (nSPS) is 12.9. The van der Waals surface area contributed by atoms with Crippen molar-refractivity contribution in [2.24, 2.45) is 12.8 Å². The fourth-order valence-electron chi connectivity index (χ4n) is 2.44. The van der Waals surface area contributed by atoms with Crippen molar-refractivity contribution in [3.63, 3.8) is 0 Å². The summed E-state index contributed by atoms with van der Waals surface area (Å²) >= 11 is 6.34. The molecule has 1 unspecified atom stereocenters. The predicted octanol–water partition coefficient (Wildman–Crippen LogP) is 2.40. The average Bonchev–Trinajstić information content (AvgIpc) is 2.93. The van der Waals surface area contributed by atoms with E-state index >= 15 is 0 Å². The number of rotatable bonds is 5. The van der Waals surface area contributed by atoms with E-state index in [0.29, 0.717) is 6.42 Å². The van der Waals surface area contributed by atoms with Gasteiger partial charge in [-0.15, -0.1) is 0 Å². The zero-order valence-electron chi connectivity index (χ0n) is 12.5. The Hall–Kier alpha value is -1.33. The van der Waals surface area contributed by atoms with Crippen LogP contribution in [0.2, 0.25) is 5.02 Å². The van der Waals surface area contributed by atoms with Crippen molar-refractivity contribution < 1.29 is 0 Å². The topological polar surface area (TPSA) is 61.7 Å². The molecule has 2 N–H and O–H groups in total. The Morgan fingerprint density at radius 1 is 1.35 bits per heavy atom. The van der Waals surface area contributed by atoms with Crippen LogP contribution in [0, 0.1) is 6.92 Å². The minimum atomic E-state index is -0.133. The molecule has 2 aromatic heterocycles. The molecule has 5 nitrogen and oxygen atoms in total. The molecule has 0 bridgehead atoms. The largest absolute Gasteiger partial charge is 0.322 e. The zero-order chi connectivity index (χ0) is 14.9. The SMILES string of the molecule is CCc1cc(C(N)Cc2c(Cl)c(C)nn2CC)n(C)n1. The van der Waals surface area contributed by atoms with Gasteiger partial charge in [0.15, 0.2) is 0 Å². The van der Waals surface area contributed by atoms with Crippen molar-refractivity contribution in [3.8, 4) is 0 Å². The minimum Gasteiger partial charge on any atom is -0.322 e. The Balaban J connectivity index is 2.27. The zero-order valence-corrected chi connectivity index (χ0v) is 13.3. The van der Waals surface area contributed by atoms with Crippen LogP contribution in [0.4, 0.5) is 0 Å². The van der Waals surface area contributed by atoms with Gasteiger partial charge >= 0.3 is 0 Å². The maximum Gasteiger partial charge on any atom is 0.0847 e. The molecule has 0 spiro atoms. The van der Waals surface area contributed by atoms with Crippen LogP contribution in [0.1, 0.15) is 42.7 Å². The lowest BCUT2D eigenvalue weighted by Gasteiger charge is -2.13. The number of hydrogen-bond acceptors (Lipinski definition) is 3. The summed E-state index contributed by atoms with van der Waals surface area (Å²) in [4.78, 5) is 0. The smallest absolute Gasteiger partial charge is 0.0847 e. The van der Waals surface area contributed by atoms with E-state index in [9.17, 15) is 0 Å². The molecule has 110 valence electrons. The lowest BCUT2D eigenvalue weighted by atomic mass is 10.1. The Labute approximate surface area is 124 Å². The third-order valence-corrected chi connectivity index (χ3v) is 4.07. The second-order valence-corrected chi connectivity index (χ2v) is 5.39. The van der Waals surface area contributed by atoms with Crippen LogP contribution >= 0.6 is 11.6 Å². The van der Waals surface area contributed by atoms with Gasteiger partial charge in [0.2, 0.25) is 0 Å². The van der Waals surface area contributed by atoms with Gasteiger partial charge in [-0.05, 0) is 26.3 Å². The maximum atomic E-state index is 6.34. The van der Waals surface area contributed by atoms with Gasteiger partial charge in [0.1, 0.15) is 0 Å². The van der Waals surface area contributed by atoms with Crippen molar-refractivity contribution in [1.82, 2.24) is 19.6 Å². The van der Waals surface area contributed by atoms with Crippen LogP contribution in [-0.2, 0) is 26.4 Å². The van der Waals surface area contributed by atoms with Gasteiger partial charge in [0, 0.05) is 20.0 Å². The molecule has 0 aromatic carbocycles. The second-order valence-electron chi connectivity index (χ2n) is 5.01. The Bertz CT molecular complexity index is 599. The number of aromatic nitrogens is 4. The van der Waals surface area contributed by atoms with Crippen molar-refractivity contribution >= 4 is 11.6 Å². The first-order valence-electron chi connectivity index (χ1n) is 6.98. The number of hydrogen-bond donors (Lipinski definition) is 1. The summed E-state index contributed by atoms with van der Waals surface area (Å²) < 4.78 is 3.78. The maximum absolute atomic E-state index is 6.34. The highest BCUT2D eigenvalue weighted by molar-refractivity contribution is 6.31. The summed E-state index contributed by atoms with van der Waals surface area (Å²) in [7, 11) is 1.93. The average molecular weight is 296 g/mol. The molecule has 0 saturated heterocycles. The predicted molar refractivity (Wildman–Crippen MR) is 80.9 cm³/mol. The molecular formula is C14H22ClN5. The molecule has 0 saturated carbocycles. The van der Waals surface area contributed by atoms with Gasteiger partial charge in [-0.3, -0.25) is 9.36 Å². The van der Waals surface area contributed by atoms with Crippen LogP contribution in [-0.4, -0.2) is 19.6 Å². The Morgan fingerprint density at radius 3 is 2.60 bits per heavy atom. The molecule has 0 aliphatic rings. The highest BCUT2D eigenvalue weighted by Gasteiger charge is 2.19. The van der Waals surface area contributed by atoms with E-state index in [1.54, 1.807) is 0 Å². The molecule has 20 heavy (non-hydrogen) atoms. The molecule has 1 atom stereocenters. The van der Waals surface area contributed by atoms with Crippen molar-refractivity contribution in [2.75, 3.05) is 0 Å². The Morgan fingerprint density at radius 2 is 2.05 bits per heavy atom. The van der Waals surface area contributed by atoms with Gasteiger partial charge < -0.3 is 5.73 Å². The summed E-state index contributed by atoms with van der Waals surface area (Å²) in [6.45, 7) is 6.85. The number of nitrogens with zero attached hydrogens (tertiary/aromatic N) is 4. The molecule has 0 radical (unpaired) electrons. The van der Waals surface area contributed by atoms with E-state index in [4.69, 9.17) is 17.3 Å². The number of nitrogens with two attached hydrogens (primary N) is 1. The summed E-state index contributed by atoms with van der Waals surface area (Å²) in [6.07, 6.45) is 1.57. The van der Waals surface area contributed by atoms with Gasteiger partial charge in [-0.25, -0.2) is 0 Å². The van der Waals surface area contributed by atoms with E-state index < -0.39 is 0 Å². The van der Waals surface area contributed by atoms with Crippen molar-refractivity contribution in [1.29, 1.82) is 0 Å². The van der Waals surface area contributed by atoms with Gasteiger partial charge in [-0.1, -0.05) is 18.5 Å². The first kappa shape index (κ1) is 15.1. The van der Waals surface area contributed by atoms with E-state index in [2.05, 4.69) is 30.1 Å². The first-order valence-corrected chi connectivity index (χ1v) is 7.35. The highest BCUT2D eigenvalue weighted by Crippen LogP contribution is 2.25. The quantitative estimate of drug-likeness (QED) is 0.921. The lowest BCUT2D eigenvalue weighted by molar-refractivity contribution is 0.562. The number of halogens is 1. The Kier molecular flexibility index (Phi) is 4.50. The molecule has 2 heterocycles. The summed E-state index contributed by atoms with van der Waals surface area (Å²) in [5.74, 6) is 0. The first-order chi connectivity index (χ1) is 9.47. The van der Waals surface area contributed by atoms with Crippen LogP contribution in [0.25, 0.3) is 0 Å². The molecule has 0 fully saturated rings. The fraction of sp³-hybridized carbons (Fsp3) is 0.571. The summed E-state index contributed by atoms with van der Waals surface area (Å²) in [5, 5.41) is 9.59. The molecule has 6 heteroatoms. The summed E-state index contributed by atoms with van der Waals surface area (Å²) in [6, 6.07) is 1.93. The van der Waals surface area contributed by atoms with E-state index in [0.717, 1.165) is 40.8 Å².